The molecule has 2 aromatic carbocycles. The lowest BCUT2D eigenvalue weighted by Crippen LogP contribution is -2.11. The number of ether oxygens (including phenoxy) is 2. The lowest BCUT2D eigenvalue weighted by Gasteiger charge is -2.06. The van der Waals surface area contributed by atoms with Gasteiger partial charge in [0.15, 0.2) is 0 Å². The second-order valence-electron chi connectivity index (χ2n) is 5.60. The first-order valence-corrected chi connectivity index (χ1v) is 8.93. The fourth-order valence-electron chi connectivity index (χ4n) is 2.23. The number of hydrogen-bond acceptors (Lipinski definition) is 6. The number of aromatic nitrogens is 2. The number of nitrogens with zero attached hydrogens (tertiary/aromatic N) is 2. The van der Waals surface area contributed by atoms with Gasteiger partial charge in [0.05, 0.1) is 13.7 Å². The van der Waals surface area contributed by atoms with Crippen LogP contribution in [-0.2, 0) is 6.42 Å². The molecule has 0 saturated carbocycles. The van der Waals surface area contributed by atoms with Crippen LogP contribution in [0.2, 0.25) is 0 Å². The van der Waals surface area contributed by atoms with Crippen molar-refractivity contribution in [2.75, 3.05) is 19.0 Å². The predicted octanol–water partition coefficient (Wildman–Crippen LogP) is 3.73. The molecule has 1 heterocycles. The molecule has 0 aliphatic heterocycles. The fraction of sp³-hybridized carbons (Fsp3) is 0.211. The number of amides is 1. The van der Waals surface area contributed by atoms with Gasteiger partial charge in [-0.1, -0.05) is 35.1 Å². The van der Waals surface area contributed by atoms with E-state index in [1.807, 2.05) is 43.3 Å². The summed E-state index contributed by atoms with van der Waals surface area (Å²) >= 11 is 1.34. The van der Waals surface area contributed by atoms with Gasteiger partial charge in [-0.25, -0.2) is 0 Å². The van der Waals surface area contributed by atoms with Gasteiger partial charge in [0.1, 0.15) is 16.5 Å². The number of anilines is 1. The predicted molar refractivity (Wildman–Crippen MR) is 101 cm³/mol. The average molecular weight is 369 g/mol. The molecular weight excluding hydrogens is 350 g/mol. The smallest absolute Gasteiger partial charge is 0.257 e. The number of carbonyl (C=O) groups is 1. The minimum atomic E-state index is -0.194. The van der Waals surface area contributed by atoms with E-state index < -0.39 is 0 Å². The minimum absolute atomic E-state index is 0.194. The molecule has 0 fully saturated rings. The van der Waals surface area contributed by atoms with Crippen LogP contribution in [0, 0.1) is 6.92 Å². The van der Waals surface area contributed by atoms with Crippen LogP contribution in [0.25, 0.3) is 0 Å². The van der Waals surface area contributed by atoms with Crippen LogP contribution in [0.15, 0.2) is 48.5 Å². The van der Waals surface area contributed by atoms with Gasteiger partial charge in [-0.05, 0) is 31.2 Å². The Morgan fingerprint density at radius 2 is 1.88 bits per heavy atom. The maximum absolute atomic E-state index is 12.2. The van der Waals surface area contributed by atoms with Gasteiger partial charge in [0.2, 0.25) is 5.13 Å². The van der Waals surface area contributed by atoms with Crippen molar-refractivity contribution in [1.29, 1.82) is 0 Å². The Hall–Kier alpha value is -2.93. The summed E-state index contributed by atoms with van der Waals surface area (Å²) in [5, 5.41) is 12.2. The first-order valence-electron chi connectivity index (χ1n) is 8.11. The minimum Gasteiger partial charge on any atom is -0.497 e. The van der Waals surface area contributed by atoms with E-state index in [4.69, 9.17) is 9.47 Å². The summed E-state index contributed by atoms with van der Waals surface area (Å²) < 4.78 is 10.9. The molecule has 134 valence electrons. The molecule has 0 spiro atoms. The molecule has 0 aliphatic rings. The molecule has 6 nitrogen and oxygen atoms in total. The molecule has 7 heteroatoms. The molecule has 0 aliphatic carbocycles. The zero-order chi connectivity index (χ0) is 18.4. The molecule has 1 N–H and O–H groups in total. The van der Waals surface area contributed by atoms with E-state index in [-0.39, 0.29) is 5.91 Å². The van der Waals surface area contributed by atoms with Crippen LogP contribution >= 0.6 is 11.3 Å². The molecular formula is C19H19N3O3S. The van der Waals surface area contributed by atoms with Crippen LogP contribution < -0.4 is 14.8 Å². The highest BCUT2D eigenvalue weighted by molar-refractivity contribution is 7.15. The maximum Gasteiger partial charge on any atom is 0.257 e. The van der Waals surface area contributed by atoms with Crippen molar-refractivity contribution in [3.63, 3.8) is 0 Å². The summed E-state index contributed by atoms with van der Waals surface area (Å²) in [5.41, 5.74) is 1.70. The number of nitrogens with one attached hydrogen (secondary N) is 1. The normalized spacial score (nSPS) is 10.4. The van der Waals surface area contributed by atoms with Crippen molar-refractivity contribution < 1.29 is 14.3 Å². The van der Waals surface area contributed by atoms with Crippen LogP contribution in [0.3, 0.4) is 0 Å². The van der Waals surface area contributed by atoms with Crippen molar-refractivity contribution in [3.8, 4) is 11.5 Å². The third-order valence-corrected chi connectivity index (χ3v) is 4.53. The number of rotatable bonds is 7. The zero-order valence-corrected chi connectivity index (χ0v) is 15.4. The van der Waals surface area contributed by atoms with Crippen LogP contribution in [-0.4, -0.2) is 29.8 Å². The third-order valence-electron chi connectivity index (χ3n) is 3.63. The van der Waals surface area contributed by atoms with Gasteiger partial charge in [-0.3, -0.25) is 10.1 Å². The molecule has 0 saturated heterocycles. The van der Waals surface area contributed by atoms with E-state index in [0.29, 0.717) is 23.7 Å². The van der Waals surface area contributed by atoms with Gasteiger partial charge in [0.25, 0.3) is 5.91 Å². The lowest BCUT2D eigenvalue weighted by atomic mass is 10.1. The fourth-order valence-corrected chi connectivity index (χ4v) is 2.94. The molecule has 0 atom stereocenters. The summed E-state index contributed by atoms with van der Waals surface area (Å²) in [6.07, 6.45) is 0.606. The quantitative estimate of drug-likeness (QED) is 0.687. The lowest BCUT2D eigenvalue weighted by molar-refractivity contribution is 0.102. The van der Waals surface area contributed by atoms with Crippen molar-refractivity contribution in [1.82, 2.24) is 10.2 Å². The summed E-state index contributed by atoms with van der Waals surface area (Å²) in [7, 11) is 1.62. The van der Waals surface area contributed by atoms with Gasteiger partial charge in [-0.15, -0.1) is 10.2 Å². The number of hydrogen-bond donors (Lipinski definition) is 1. The Kier molecular flexibility index (Phi) is 5.80. The Bertz CT molecular complexity index is 878. The number of methoxy groups -OCH3 is 1. The number of benzene rings is 2. The topological polar surface area (TPSA) is 73.3 Å². The highest BCUT2D eigenvalue weighted by atomic mass is 32.1. The second-order valence-corrected chi connectivity index (χ2v) is 6.66. The summed E-state index contributed by atoms with van der Waals surface area (Å²) in [6.45, 7) is 2.44. The molecule has 0 radical (unpaired) electrons. The first kappa shape index (κ1) is 17.9. The van der Waals surface area contributed by atoms with E-state index >= 15 is 0 Å². The molecule has 3 aromatic rings. The molecule has 0 unspecified atom stereocenters. The Morgan fingerprint density at radius 3 is 2.65 bits per heavy atom. The van der Waals surface area contributed by atoms with E-state index in [1.54, 1.807) is 19.2 Å². The van der Waals surface area contributed by atoms with E-state index in [2.05, 4.69) is 15.5 Å². The molecule has 1 amide bonds. The van der Waals surface area contributed by atoms with Crippen molar-refractivity contribution >= 4 is 22.4 Å². The standard InChI is InChI=1S/C19H19N3O3S/c1-13-6-8-14(9-7-13)18(23)20-19-22-21-17(26-19)10-11-25-16-5-3-4-15(12-16)24-2/h3-9,12H,10-11H2,1-2H3,(H,20,22,23). The molecule has 26 heavy (non-hydrogen) atoms. The van der Waals surface area contributed by atoms with Crippen molar-refractivity contribution in [3.05, 3.63) is 64.7 Å². The van der Waals surface area contributed by atoms with Gasteiger partial charge in [-0.2, -0.15) is 0 Å². The number of carbonyl (C=O) groups excluding carboxylic acids is 1. The van der Waals surface area contributed by atoms with Crippen molar-refractivity contribution in [2.24, 2.45) is 0 Å². The number of aryl methyl sites for hydroxylation is 1. The summed E-state index contributed by atoms with van der Waals surface area (Å²) in [6, 6.07) is 14.8. The van der Waals surface area contributed by atoms with E-state index in [9.17, 15) is 4.79 Å². The maximum atomic E-state index is 12.2. The third kappa shape index (κ3) is 4.80. The Balaban J connectivity index is 1.51. The summed E-state index contributed by atoms with van der Waals surface area (Å²) in [4.78, 5) is 12.2. The van der Waals surface area contributed by atoms with Gasteiger partial charge >= 0.3 is 0 Å². The zero-order valence-electron chi connectivity index (χ0n) is 14.6. The SMILES string of the molecule is COc1cccc(OCCc2nnc(NC(=O)c3ccc(C)cc3)s2)c1. The van der Waals surface area contributed by atoms with Crippen LogP contribution in [0.4, 0.5) is 5.13 Å². The van der Waals surface area contributed by atoms with Crippen molar-refractivity contribution in [2.45, 2.75) is 13.3 Å². The van der Waals surface area contributed by atoms with Crippen LogP contribution in [0.5, 0.6) is 11.5 Å². The molecule has 3 rings (SSSR count). The summed E-state index contributed by atoms with van der Waals surface area (Å²) in [5.74, 6) is 1.29. The van der Waals surface area contributed by atoms with E-state index in [0.717, 1.165) is 22.1 Å². The highest BCUT2D eigenvalue weighted by Crippen LogP contribution is 2.20. The second kappa shape index (κ2) is 8.44. The monoisotopic (exact) mass is 369 g/mol. The average Bonchev–Trinajstić information content (AvgIpc) is 3.09. The largest absolute Gasteiger partial charge is 0.497 e. The molecule has 1 aromatic heterocycles. The molecule has 0 bridgehead atoms. The Labute approximate surface area is 155 Å². The highest BCUT2D eigenvalue weighted by Gasteiger charge is 2.10. The van der Waals surface area contributed by atoms with Gasteiger partial charge in [0, 0.05) is 18.1 Å². The van der Waals surface area contributed by atoms with E-state index in [1.165, 1.54) is 11.3 Å². The van der Waals surface area contributed by atoms with Gasteiger partial charge < -0.3 is 9.47 Å². The first-order chi connectivity index (χ1) is 12.6. The van der Waals surface area contributed by atoms with Crippen LogP contribution in [0.1, 0.15) is 20.9 Å². The Morgan fingerprint density at radius 1 is 1.12 bits per heavy atom.